The van der Waals surface area contributed by atoms with E-state index in [1.54, 1.807) is 0 Å². The van der Waals surface area contributed by atoms with E-state index in [4.69, 9.17) is 0 Å². The van der Waals surface area contributed by atoms with Crippen molar-refractivity contribution in [2.75, 3.05) is 0 Å². The number of hydrogen-bond donors (Lipinski definition) is 0. The quantitative estimate of drug-likeness (QED) is 0.491. The summed E-state index contributed by atoms with van der Waals surface area (Å²) in [6.45, 7) is 11.9. The molecule has 0 fully saturated rings. The van der Waals surface area contributed by atoms with Gasteiger partial charge in [0.2, 0.25) is 0 Å². The van der Waals surface area contributed by atoms with Gasteiger partial charge in [-0.15, -0.1) is 19.7 Å². The van der Waals surface area contributed by atoms with E-state index in [-0.39, 0.29) is 0 Å². The summed E-state index contributed by atoms with van der Waals surface area (Å²) < 4.78 is 0. The van der Waals surface area contributed by atoms with Crippen molar-refractivity contribution < 1.29 is 0 Å². The highest BCUT2D eigenvalue weighted by Crippen LogP contribution is 2.26. The molecule has 0 aliphatic rings. The zero-order chi connectivity index (χ0) is 14.4. The molecule has 0 atom stereocenters. The van der Waals surface area contributed by atoms with Gasteiger partial charge in [0.15, 0.2) is 0 Å². The van der Waals surface area contributed by atoms with Crippen LogP contribution in [0.5, 0.6) is 0 Å². The van der Waals surface area contributed by atoms with Crippen LogP contribution in [-0.4, -0.2) is 8.07 Å². The second kappa shape index (κ2) is 6.53. The van der Waals surface area contributed by atoms with E-state index in [9.17, 15) is 0 Å². The average Bonchev–Trinajstić information content (AvgIpc) is 2.47. The van der Waals surface area contributed by atoms with Gasteiger partial charge in [-0.2, -0.15) is 0 Å². The first-order chi connectivity index (χ1) is 9.77. The van der Waals surface area contributed by atoms with Gasteiger partial charge in [0.25, 0.3) is 0 Å². The topological polar surface area (TPSA) is 0 Å². The van der Waals surface area contributed by atoms with Crippen molar-refractivity contribution in [1.29, 1.82) is 0 Å². The summed E-state index contributed by atoms with van der Waals surface area (Å²) in [7, 11) is -1.69. The van der Waals surface area contributed by atoms with Crippen LogP contribution >= 0.6 is 0 Å². The van der Waals surface area contributed by atoms with E-state index in [0.717, 1.165) is 18.1 Å². The van der Waals surface area contributed by atoms with Gasteiger partial charge >= 0.3 is 0 Å². The van der Waals surface area contributed by atoms with Gasteiger partial charge in [0.1, 0.15) is 0 Å². The number of fused-ring (bicyclic) bond motifs is 1. The lowest BCUT2D eigenvalue weighted by Crippen LogP contribution is -2.46. The lowest BCUT2D eigenvalue weighted by molar-refractivity contribution is 1.39. The monoisotopic (exact) mass is 278 g/mol. The van der Waals surface area contributed by atoms with E-state index in [1.165, 1.54) is 16.0 Å². The van der Waals surface area contributed by atoms with Crippen molar-refractivity contribution in [1.82, 2.24) is 0 Å². The average molecular weight is 278 g/mol. The third-order valence-corrected chi connectivity index (χ3v) is 8.76. The Morgan fingerprint density at radius 2 is 1.30 bits per heavy atom. The molecule has 0 N–H and O–H groups in total. The number of rotatable bonds is 7. The van der Waals surface area contributed by atoms with Crippen LogP contribution in [0.15, 0.2) is 80.4 Å². The zero-order valence-corrected chi connectivity index (χ0v) is 13.0. The maximum absolute atomic E-state index is 3.98. The van der Waals surface area contributed by atoms with Crippen LogP contribution in [0.25, 0.3) is 10.8 Å². The fourth-order valence-corrected chi connectivity index (χ4v) is 7.16. The van der Waals surface area contributed by atoms with Gasteiger partial charge in [0, 0.05) is 0 Å². The molecule has 0 unspecified atom stereocenters. The smallest absolute Gasteiger partial charge is 0.0985 e. The Hall–Kier alpha value is -1.86. The molecule has 0 aromatic heterocycles. The lowest BCUT2D eigenvalue weighted by Gasteiger charge is -2.30. The maximum atomic E-state index is 3.98. The van der Waals surface area contributed by atoms with Crippen LogP contribution in [0.1, 0.15) is 0 Å². The predicted molar refractivity (Wildman–Crippen MR) is 94.3 cm³/mol. The highest BCUT2D eigenvalue weighted by Gasteiger charge is 2.32. The molecule has 0 heterocycles. The maximum Gasteiger partial charge on any atom is 0.0985 e. The third kappa shape index (κ3) is 2.68. The molecule has 0 radical (unpaired) electrons. The standard InChI is InChI=1S/C19H22Si/c1-4-14-20(15-5-2,16-6-3)19-13-9-11-17-10-7-8-12-18(17)19/h4-13H,1-3,14-16H2. The Kier molecular flexibility index (Phi) is 4.75. The van der Waals surface area contributed by atoms with E-state index in [2.05, 4.69) is 80.4 Å². The molecular weight excluding hydrogens is 256 g/mol. The Bertz CT molecular complexity index is 593. The van der Waals surface area contributed by atoms with Crippen LogP contribution in [0.4, 0.5) is 0 Å². The summed E-state index contributed by atoms with van der Waals surface area (Å²) in [5.74, 6) is 0. The van der Waals surface area contributed by atoms with Gasteiger partial charge in [-0.25, -0.2) is 0 Å². The van der Waals surface area contributed by atoms with Gasteiger partial charge in [0.05, 0.1) is 8.07 Å². The number of hydrogen-bond acceptors (Lipinski definition) is 0. The third-order valence-electron chi connectivity index (χ3n) is 3.97. The minimum absolute atomic E-state index is 1.07. The minimum Gasteiger partial charge on any atom is -0.103 e. The molecule has 2 aromatic rings. The molecule has 0 bridgehead atoms. The number of benzene rings is 2. The molecular formula is C19H22Si. The molecule has 0 saturated carbocycles. The first kappa shape index (κ1) is 14.5. The van der Waals surface area contributed by atoms with E-state index < -0.39 is 8.07 Å². The van der Waals surface area contributed by atoms with Crippen molar-refractivity contribution in [3.8, 4) is 0 Å². The van der Waals surface area contributed by atoms with E-state index in [0.29, 0.717) is 0 Å². The lowest BCUT2D eigenvalue weighted by atomic mass is 10.1. The Morgan fingerprint density at radius 3 is 1.90 bits per heavy atom. The second-order valence-electron chi connectivity index (χ2n) is 5.29. The largest absolute Gasteiger partial charge is 0.103 e. The minimum atomic E-state index is -1.69. The molecule has 2 aromatic carbocycles. The van der Waals surface area contributed by atoms with Crippen molar-refractivity contribution in [3.63, 3.8) is 0 Å². The Morgan fingerprint density at radius 1 is 0.750 bits per heavy atom. The molecule has 2 rings (SSSR count). The number of allylic oxidation sites excluding steroid dienone is 3. The van der Waals surface area contributed by atoms with Crippen molar-refractivity contribution in [2.24, 2.45) is 0 Å². The fourth-order valence-electron chi connectivity index (χ4n) is 3.10. The molecule has 0 spiro atoms. The zero-order valence-electron chi connectivity index (χ0n) is 12.0. The van der Waals surface area contributed by atoms with Crippen LogP contribution < -0.4 is 5.19 Å². The molecule has 0 saturated heterocycles. The van der Waals surface area contributed by atoms with Crippen LogP contribution in [-0.2, 0) is 0 Å². The van der Waals surface area contributed by atoms with Gasteiger partial charge in [-0.3, -0.25) is 0 Å². The fraction of sp³-hybridized carbons (Fsp3) is 0.158. The highest BCUT2D eigenvalue weighted by molar-refractivity contribution is 6.94. The normalized spacial score (nSPS) is 11.2. The van der Waals surface area contributed by atoms with Crippen LogP contribution in [0.2, 0.25) is 18.1 Å². The van der Waals surface area contributed by atoms with Crippen molar-refractivity contribution in [3.05, 3.63) is 80.4 Å². The molecule has 102 valence electrons. The van der Waals surface area contributed by atoms with Crippen LogP contribution in [0, 0.1) is 0 Å². The summed E-state index contributed by atoms with van der Waals surface area (Å²) in [6, 6.07) is 18.5. The molecule has 1 heteroatoms. The summed E-state index contributed by atoms with van der Waals surface area (Å²) in [5, 5.41) is 4.21. The highest BCUT2D eigenvalue weighted by atomic mass is 28.3. The molecule has 0 aliphatic heterocycles. The molecule has 0 aliphatic carbocycles. The van der Waals surface area contributed by atoms with Crippen LogP contribution in [0.3, 0.4) is 0 Å². The molecule has 20 heavy (non-hydrogen) atoms. The summed E-state index contributed by atoms with van der Waals surface area (Å²) >= 11 is 0. The molecule has 0 nitrogen and oxygen atoms in total. The van der Waals surface area contributed by atoms with E-state index >= 15 is 0 Å². The first-order valence-electron chi connectivity index (χ1n) is 7.08. The predicted octanol–water partition coefficient (Wildman–Crippen LogP) is 5.05. The SMILES string of the molecule is C=CC[Si](CC=C)(CC=C)c1cccc2ccccc12. The molecule has 0 amide bonds. The van der Waals surface area contributed by atoms with Crippen molar-refractivity contribution in [2.45, 2.75) is 18.1 Å². The summed E-state index contributed by atoms with van der Waals surface area (Å²) in [6.07, 6.45) is 6.21. The Balaban J connectivity index is 2.69. The van der Waals surface area contributed by atoms with E-state index in [1.807, 2.05) is 0 Å². The summed E-state index contributed by atoms with van der Waals surface area (Å²) in [4.78, 5) is 0. The Labute approximate surface area is 123 Å². The van der Waals surface area contributed by atoms with Crippen molar-refractivity contribution >= 4 is 24.0 Å². The van der Waals surface area contributed by atoms with Gasteiger partial charge in [-0.05, 0) is 28.9 Å². The first-order valence-corrected chi connectivity index (χ1v) is 9.70. The summed E-state index contributed by atoms with van der Waals surface area (Å²) in [5.41, 5.74) is 0. The second-order valence-corrected chi connectivity index (χ2v) is 9.61. The van der Waals surface area contributed by atoms with Gasteiger partial charge < -0.3 is 0 Å². The van der Waals surface area contributed by atoms with Gasteiger partial charge in [-0.1, -0.05) is 65.9 Å².